The molecule has 2 rings (SSSR count). The third-order valence-corrected chi connectivity index (χ3v) is 3.42. The zero-order valence-corrected chi connectivity index (χ0v) is 10.0. The van der Waals surface area contributed by atoms with Crippen LogP contribution in [-0.2, 0) is 6.54 Å². The molecule has 0 amide bonds. The van der Waals surface area contributed by atoms with Crippen molar-refractivity contribution in [3.63, 3.8) is 0 Å². The predicted molar refractivity (Wildman–Crippen MR) is 66.0 cm³/mol. The third-order valence-electron chi connectivity index (χ3n) is 3.42. The highest BCUT2D eigenvalue weighted by Crippen LogP contribution is 2.17. The minimum atomic E-state index is 0.743. The summed E-state index contributed by atoms with van der Waals surface area (Å²) in [5.41, 5.74) is 8.09. The van der Waals surface area contributed by atoms with Crippen LogP contribution in [0.2, 0.25) is 0 Å². The maximum atomic E-state index is 5.69. The van der Waals surface area contributed by atoms with Crippen LogP contribution in [0.15, 0.2) is 18.3 Å². The third kappa shape index (κ3) is 3.03. The van der Waals surface area contributed by atoms with Gasteiger partial charge in [-0.25, -0.2) is 0 Å². The quantitative estimate of drug-likeness (QED) is 0.839. The van der Waals surface area contributed by atoms with Crippen molar-refractivity contribution in [3.8, 4) is 0 Å². The van der Waals surface area contributed by atoms with E-state index < -0.39 is 0 Å². The fourth-order valence-corrected chi connectivity index (χ4v) is 2.23. The number of hydrogen-bond acceptors (Lipinski definition) is 3. The number of aromatic nitrogens is 1. The van der Waals surface area contributed by atoms with E-state index in [-0.39, 0.29) is 0 Å². The highest BCUT2D eigenvalue weighted by molar-refractivity contribution is 5.13. The lowest BCUT2D eigenvalue weighted by Crippen LogP contribution is -2.35. The van der Waals surface area contributed by atoms with Crippen LogP contribution in [0.3, 0.4) is 0 Å². The number of rotatable bonds is 3. The summed E-state index contributed by atoms with van der Waals surface area (Å²) < 4.78 is 0. The van der Waals surface area contributed by atoms with Crippen molar-refractivity contribution < 1.29 is 0 Å². The topological polar surface area (TPSA) is 42.1 Å². The van der Waals surface area contributed by atoms with Crippen molar-refractivity contribution in [2.75, 3.05) is 19.6 Å². The Kier molecular flexibility index (Phi) is 3.91. The van der Waals surface area contributed by atoms with Gasteiger partial charge in [-0.3, -0.25) is 9.88 Å². The average Bonchev–Trinajstić information content (AvgIpc) is 2.33. The molecule has 0 aromatic carbocycles. The molecule has 0 saturated carbocycles. The van der Waals surface area contributed by atoms with E-state index in [1.54, 1.807) is 0 Å². The molecular weight excluding hydrogens is 198 g/mol. The lowest BCUT2D eigenvalue weighted by molar-refractivity contribution is 0.180. The summed E-state index contributed by atoms with van der Waals surface area (Å²) in [6, 6.07) is 4.26. The molecule has 0 radical (unpaired) electrons. The van der Waals surface area contributed by atoms with E-state index in [1.165, 1.54) is 31.5 Å². The molecule has 1 aromatic heterocycles. The van der Waals surface area contributed by atoms with E-state index in [0.717, 1.165) is 24.7 Å². The number of hydrogen-bond donors (Lipinski definition) is 1. The minimum absolute atomic E-state index is 0.743. The Bertz CT molecular complexity index is 312. The number of nitrogens with two attached hydrogens (primary N) is 1. The average molecular weight is 219 g/mol. The van der Waals surface area contributed by atoms with E-state index in [9.17, 15) is 0 Å². The van der Waals surface area contributed by atoms with Crippen LogP contribution in [-0.4, -0.2) is 29.5 Å². The predicted octanol–water partition coefficient (Wildman–Crippen LogP) is 1.56. The van der Waals surface area contributed by atoms with Gasteiger partial charge in [0.15, 0.2) is 0 Å². The van der Waals surface area contributed by atoms with Gasteiger partial charge in [0.25, 0.3) is 0 Å². The molecule has 88 valence electrons. The van der Waals surface area contributed by atoms with Crippen molar-refractivity contribution in [2.45, 2.75) is 26.3 Å². The molecule has 3 nitrogen and oxygen atoms in total. The van der Waals surface area contributed by atoms with Crippen molar-refractivity contribution in [3.05, 3.63) is 29.6 Å². The summed E-state index contributed by atoms with van der Waals surface area (Å²) in [5, 5.41) is 0. The molecule has 0 bridgehead atoms. The van der Waals surface area contributed by atoms with Gasteiger partial charge in [0.2, 0.25) is 0 Å². The maximum Gasteiger partial charge on any atom is 0.0372 e. The Morgan fingerprint density at radius 1 is 1.38 bits per heavy atom. The second-order valence-electron chi connectivity index (χ2n) is 4.76. The summed E-state index contributed by atoms with van der Waals surface area (Å²) >= 11 is 0. The van der Waals surface area contributed by atoms with Gasteiger partial charge in [0.05, 0.1) is 0 Å². The monoisotopic (exact) mass is 219 g/mol. The van der Waals surface area contributed by atoms with Gasteiger partial charge < -0.3 is 5.73 Å². The van der Waals surface area contributed by atoms with Gasteiger partial charge >= 0.3 is 0 Å². The SMILES string of the molecule is Cc1ccc(CN2CCC(CN)CC2)cn1. The molecule has 1 aliphatic heterocycles. The lowest BCUT2D eigenvalue weighted by atomic mass is 9.97. The van der Waals surface area contributed by atoms with Gasteiger partial charge in [-0.15, -0.1) is 0 Å². The Morgan fingerprint density at radius 3 is 2.69 bits per heavy atom. The fourth-order valence-electron chi connectivity index (χ4n) is 2.23. The molecule has 16 heavy (non-hydrogen) atoms. The van der Waals surface area contributed by atoms with Gasteiger partial charge in [-0.1, -0.05) is 6.07 Å². The van der Waals surface area contributed by atoms with Gasteiger partial charge in [-0.05, 0) is 56.9 Å². The zero-order chi connectivity index (χ0) is 11.4. The van der Waals surface area contributed by atoms with Crippen LogP contribution in [0, 0.1) is 12.8 Å². The summed E-state index contributed by atoms with van der Waals surface area (Å²) in [7, 11) is 0. The first kappa shape index (κ1) is 11.6. The second-order valence-corrected chi connectivity index (χ2v) is 4.76. The van der Waals surface area contributed by atoms with Gasteiger partial charge in [0.1, 0.15) is 0 Å². The molecule has 2 N–H and O–H groups in total. The van der Waals surface area contributed by atoms with E-state index in [0.29, 0.717) is 0 Å². The van der Waals surface area contributed by atoms with E-state index in [1.807, 2.05) is 13.1 Å². The molecular formula is C13H21N3. The fraction of sp³-hybridized carbons (Fsp3) is 0.615. The van der Waals surface area contributed by atoms with Crippen molar-refractivity contribution in [1.82, 2.24) is 9.88 Å². The Hall–Kier alpha value is -0.930. The van der Waals surface area contributed by atoms with E-state index in [2.05, 4.69) is 22.0 Å². The highest BCUT2D eigenvalue weighted by atomic mass is 15.1. The standard InChI is InChI=1S/C13H21N3/c1-11-2-3-13(9-15-11)10-16-6-4-12(8-14)5-7-16/h2-3,9,12H,4-8,10,14H2,1H3. The normalized spacial score (nSPS) is 18.9. The van der Waals surface area contributed by atoms with E-state index >= 15 is 0 Å². The maximum absolute atomic E-state index is 5.69. The molecule has 0 atom stereocenters. The van der Waals surface area contributed by atoms with Crippen molar-refractivity contribution in [1.29, 1.82) is 0 Å². The number of likely N-dealkylation sites (tertiary alicyclic amines) is 1. The van der Waals surface area contributed by atoms with Crippen LogP contribution in [0.4, 0.5) is 0 Å². The lowest BCUT2D eigenvalue weighted by Gasteiger charge is -2.31. The molecule has 0 unspecified atom stereocenters. The van der Waals surface area contributed by atoms with Gasteiger partial charge in [0, 0.05) is 18.4 Å². The summed E-state index contributed by atoms with van der Waals surface area (Å²) in [5.74, 6) is 0.743. The summed E-state index contributed by atoms with van der Waals surface area (Å²) in [6.45, 7) is 6.26. The first-order valence-electron chi connectivity index (χ1n) is 6.12. The van der Waals surface area contributed by atoms with E-state index in [4.69, 9.17) is 5.73 Å². The first-order valence-corrected chi connectivity index (χ1v) is 6.12. The molecule has 0 aliphatic carbocycles. The molecule has 0 spiro atoms. The number of piperidine rings is 1. The van der Waals surface area contributed by atoms with Crippen molar-refractivity contribution >= 4 is 0 Å². The molecule has 3 heteroatoms. The van der Waals surface area contributed by atoms with Crippen LogP contribution < -0.4 is 5.73 Å². The summed E-state index contributed by atoms with van der Waals surface area (Å²) in [4.78, 5) is 6.83. The molecule has 1 fully saturated rings. The van der Waals surface area contributed by atoms with Gasteiger partial charge in [-0.2, -0.15) is 0 Å². The second kappa shape index (κ2) is 5.41. The highest BCUT2D eigenvalue weighted by Gasteiger charge is 2.17. The van der Waals surface area contributed by atoms with Crippen LogP contribution in [0.25, 0.3) is 0 Å². The molecule has 2 heterocycles. The minimum Gasteiger partial charge on any atom is -0.330 e. The summed E-state index contributed by atoms with van der Waals surface area (Å²) in [6.07, 6.45) is 4.48. The van der Waals surface area contributed by atoms with Crippen LogP contribution >= 0.6 is 0 Å². The zero-order valence-electron chi connectivity index (χ0n) is 10.0. The smallest absolute Gasteiger partial charge is 0.0372 e. The molecule has 1 aromatic rings. The number of aryl methyl sites for hydroxylation is 1. The Balaban J connectivity index is 1.84. The van der Waals surface area contributed by atoms with Crippen LogP contribution in [0.1, 0.15) is 24.1 Å². The first-order chi connectivity index (χ1) is 7.78. The Morgan fingerprint density at radius 2 is 2.12 bits per heavy atom. The molecule has 1 aliphatic rings. The Labute approximate surface area is 97.7 Å². The number of pyridine rings is 1. The molecule has 1 saturated heterocycles. The van der Waals surface area contributed by atoms with Crippen LogP contribution in [0.5, 0.6) is 0 Å². The van der Waals surface area contributed by atoms with Crippen molar-refractivity contribution in [2.24, 2.45) is 11.7 Å². The largest absolute Gasteiger partial charge is 0.330 e. The number of nitrogens with zero attached hydrogens (tertiary/aromatic N) is 2.